The van der Waals surface area contributed by atoms with Crippen LogP contribution in [0.25, 0.3) is 0 Å². The van der Waals surface area contributed by atoms with Gasteiger partial charge < -0.3 is 9.32 Å². The van der Waals surface area contributed by atoms with Gasteiger partial charge in [0.05, 0.1) is 6.54 Å². The van der Waals surface area contributed by atoms with E-state index in [9.17, 15) is 13.6 Å². The molecule has 1 fully saturated rings. The maximum atomic E-state index is 13.6. The third kappa shape index (κ3) is 5.50. The molecule has 4 nitrogen and oxygen atoms in total. The van der Waals surface area contributed by atoms with Gasteiger partial charge in [-0.15, -0.1) is 0 Å². The first-order valence-electron chi connectivity index (χ1n) is 11.4. The number of halogens is 2. The molecule has 6 heteroatoms. The van der Waals surface area contributed by atoms with Crippen LogP contribution in [0.15, 0.2) is 65.1 Å². The van der Waals surface area contributed by atoms with Gasteiger partial charge in [0, 0.05) is 37.2 Å². The predicted octanol–water partition coefficient (Wildman–Crippen LogP) is 5.63. The second kappa shape index (κ2) is 9.87. The maximum absolute atomic E-state index is 13.6. The Kier molecular flexibility index (Phi) is 6.94. The number of furan rings is 1. The molecule has 0 saturated carbocycles. The normalized spacial score (nSPS) is 18.7. The summed E-state index contributed by atoms with van der Waals surface area (Å²) >= 11 is 0. The fourth-order valence-corrected chi connectivity index (χ4v) is 4.69. The fraction of sp³-hybridized carbons (Fsp3) is 0.370. The summed E-state index contributed by atoms with van der Waals surface area (Å²) in [5.41, 5.74) is 1.54. The highest BCUT2D eigenvalue weighted by Gasteiger charge is 2.36. The van der Waals surface area contributed by atoms with Crippen LogP contribution < -0.4 is 0 Å². The van der Waals surface area contributed by atoms with Gasteiger partial charge in [0.25, 0.3) is 5.91 Å². The lowest BCUT2D eigenvalue weighted by Gasteiger charge is -2.32. The van der Waals surface area contributed by atoms with Crippen LogP contribution in [0.2, 0.25) is 0 Å². The minimum atomic E-state index is -0.362. The summed E-state index contributed by atoms with van der Waals surface area (Å²) in [6.07, 6.45) is 0. The van der Waals surface area contributed by atoms with E-state index in [1.54, 1.807) is 0 Å². The first kappa shape index (κ1) is 23.2. The molecule has 3 aromatic rings. The molecule has 2 aromatic carbocycles. The van der Waals surface area contributed by atoms with Crippen LogP contribution in [-0.2, 0) is 6.54 Å². The molecule has 0 N–H and O–H groups in total. The smallest absolute Gasteiger partial charge is 0.254 e. The Morgan fingerprint density at radius 3 is 2.21 bits per heavy atom. The van der Waals surface area contributed by atoms with Gasteiger partial charge in [0.1, 0.15) is 23.2 Å². The highest BCUT2D eigenvalue weighted by atomic mass is 19.1. The topological polar surface area (TPSA) is 36.7 Å². The molecule has 33 heavy (non-hydrogen) atoms. The first-order valence-corrected chi connectivity index (χ1v) is 11.4. The third-order valence-electron chi connectivity index (χ3n) is 6.40. The summed E-state index contributed by atoms with van der Waals surface area (Å²) in [4.78, 5) is 17.5. The average Bonchev–Trinajstić information content (AvgIpc) is 3.38. The van der Waals surface area contributed by atoms with E-state index in [0.717, 1.165) is 30.2 Å². The van der Waals surface area contributed by atoms with E-state index >= 15 is 0 Å². The Balaban J connectivity index is 1.57. The molecule has 1 aliphatic rings. The van der Waals surface area contributed by atoms with E-state index in [1.807, 2.05) is 49.9 Å². The largest absolute Gasteiger partial charge is 0.465 e. The summed E-state index contributed by atoms with van der Waals surface area (Å²) < 4.78 is 32.7. The summed E-state index contributed by atoms with van der Waals surface area (Å²) in [5.74, 6) is 1.39. The molecule has 174 valence electrons. The Morgan fingerprint density at radius 2 is 1.64 bits per heavy atom. The average molecular weight is 453 g/mol. The monoisotopic (exact) mass is 452 g/mol. The Bertz CT molecular complexity index is 1080. The van der Waals surface area contributed by atoms with E-state index in [0.29, 0.717) is 18.7 Å². The molecule has 0 bridgehead atoms. The highest BCUT2D eigenvalue weighted by Crippen LogP contribution is 2.35. The van der Waals surface area contributed by atoms with E-state index < -0.39 is 0 Å². The van der Waals surface area contributed by atoms with Gasteiger partial charge in [-0.3, -0.25) is 9.69 Å². The zero-order chi connectivity index (χ0) is 23.5. The molecule has 0 aliphatic carbocycles. The Hall–Kier alpha value is -2.99. The van der Waals surface area contributed by atoms with Crippen molar-refractivity contribution in [3.05, 3.63) is 94.9 Å². The van der Waals surface area contributed by atoms with Gasteiger partial charge >= 0.3 is 0 Å². The summed E-state index contributed by atoms with van der Waals surface area (Å²) in [6.45, 7) is 8.76. The van der Waals surface area contributed by atoms with Crippen molar-refractivity contribution >= 4 is 5.91 Å². The number of hydrogen-bond donors (Lipinski definition) is 0. The van der Waals surface area contributed by atoms with Crippen molar-refractivity contribution in [1.29, 1.82) is 0 Å². The van der Waals surface area contributed by atoms with Crippen molar-refractivity contribution in [2.45, 2.75) is 39.3 Å². The molecular formula is C27H30F2N2O2. The second-order valence-electron chi connectivity index (χ2n) is 9.18. The molecular weight excluding hydrogens is 422 g/mol. The standard InChI is InChI=1S/C27H30F2N2O2/c1-18(2)31(27(32)21-7-11-24(29)12-8-21)15-22-14-30(16-25-13-4-19(3)33-25)17-26(22)20-5-9-23(28)10-6-20/h4-13,18,22,26H,14-17H2,1-3H3. The molecule has 1 aliphatic heterocycles. The number of carbonyl (C=O) groups excluding carboxylic acids is 1. The predicted molar refractivity (Wildman–Crippen MR) is 124 cm³/mol. The summed E-state index contributed by atoms with van der Waals surface area (Å²) in [7, 11) is 0. The second-order valence-corrected chi connectivity index (χ2v) is 9.18. The van der Waals surface area contributed by atoms with Crippen molar-refractivity contribution in [3.8, 4) is 0 Å². The van der Waals surface area contributed by atoms with Crippen molar-refractivity contribution in [1.82, 2.24) is 9.80 Å². The molecule has 1 aromatic heterocycles. The quantitative estimate of drug-likeness (QED) is 0.466. The van der Waals surface area contributed by atoms with Crippen LogP contribution in [0.3, 0.4) is 0 Å². The number of benzene rings is 2. The minimum absolute atomic E-state index is 0.0156. The number of likely N-dealkylation sites (tertiary alicyclic amines) is 1. The lowest BCUT2D eigenvalue weighted by Crippen LogP contribution is -2.42. The molecule has 4 rings (SSSR count). The van der Waals surface area contributed by atoms with E-state index in [-0.39, 0.29) is 35.4 Å². The number of nitrogens with zero attached hydrogens (tertiary/aromatic N) is 2. The minimum Gasteiger partial charge on any atom is -0.465 e. The third-order valence-corrected chi connectivity index (χ3v) is 6.40. The molecule has 1 amide bonds. The van der Waals surface area contributed by atoms with E-state index in [2.05, 4.69) is 4.90 Å². The molecule has 0 radical (unpaired) electrons. The number of amides is 1. The van der Waals surface area contributed by atoms with Gasteiger partial charge in [-0.05, 0) is 80.8 Å². The van der Waals surface area contributed by atoms with Crippen LogP contribution in [-0.4, -0.2) is 41.4 Å². The summed E-state index contributed by atoms with van der Waals surface area (Å²) in [6, 6.07) is 16.3. The first-order chi connectivity index (χ1) is 15.8. The van der Waals surface area contributed by atoms with Crippen molar-refractivity contribution in [2.24, 2.45) is 5.92 Å². The van der Waals surface area contributed by atoms with E-state index in [1.165, 1.54) is 36.4 Å². The van der Waals surface area contributed by atoms with Gasteiger partial charge in [0.2, 0.25) is 0 Å². The maximum Gasteiger partial charge on any atom is 0.254 e. The zero-order valence-corrected chi connectivity index (χ0v) is 19.3. The SMILES string of the molecule is Cc1ccc(CN2CC(CN(C(=O)c3ccc(F)cc3)C(C)C)C(c3ccc(F)cc3)C2)o1. The summed E-state index contributed by atoms with van der Waals surface area (Å²) in [5, 5.41) is 0. The number of rotatable bonds is 7. The van der Waals surface area contributed by atoms with Crippen molar-refractivity contribution in [3.63, 3.8) is 0 Å². The molecule has 2 heterocycles. The van der Waals surface area contributed by atoms with Crippen molar-refractivity contribution in [2.75, 3.05) is 19.6 Å². The van der Waals surface area contributed by atoms with Crippen LogP contribution >= 0.6 is 0 Å². The number of carbonyl (C=O) groups is 1. The Morgan fingerprint density at radius 1 is 1.00 bits per heavy atom. The molecule has 1 saturated heterocycles. The van der Waals surface area contributed by atoms with Gasteiger partial charge in [0.15, 0.2) is 0 Å². The zero-order valence-electron chi connectivity index (χ0n) is 19.3. The molecule has 2 unspecified atom stereocenters. The van der Waals surface area contributed by atoms with E-state index in [4.69, 9.17) is 4.42 Å². The van der Waals surface area contributed by atoms with Crippen LogP contribution in [0.5, 0.6) is 0 Å². The highest BCUT2D eigenvalue weighted by molar-refractivity contribution is 5.94. The Labute approximate surface area is 193 Å². The van der Waals surface area contributed by atoms with Crippen LogP contribution in [0.1, 0.15) is 47.2 Å². The van der Waals surface area contributed by atoms with Gasteiger partial charge in [-0.1, -0.05) is 12.1 Å². The fourth-order valence-electron chi connectivity index (χ4n) is 4.69. The lowest BCUT2D eigenvalue weighted by molar-refractivity contribution is 0.0668. The van der Waals surface area contributed by atoms with Crippen molar-refractivity contribution < 1.29 is 18.0 Å². The lowest BCUT2D eigenvalue weighted by atomic mass is 9.88. The van der Waals surface area contributed by atoms with Gasteiger partial charge in [-0.25, -0.2) is 8.78 Å². The molecule has 0 spiro atoms. The number of hydrogen-bond acceptors (Lipinski definition) is 3. The van der Waals surface area contributed by atoms with Crippen LogP contribution in [0.4, 0.5) is 8.78 Å². The van der Waals surface area contributed by atoms with Crippen LogP contribution in [0, 0.1) is 24.5 Å². The number of aryl methyl sites for hydroxylation is 1. The molecule has 2 atom stereocenters. The van der Waals surface area contributed by atoms with Gasteiger partial charge in [-0.2, -0.15) is 0 Å².